The van der Waals surface area contributed by atoms with Gasteiger partial charge in [0.15, 0.2) is 0 Å². The number of hydrogen-bond donors (Lipinski definition) is 0. The summed E-state index contributed by atoms with van der Waals surface area (Å²) in [6.45, 7) is 8.12. The third-order valence-corrected chi connectivity index (χ3v) is 3.96. The lowest BCUT2D eigenvalue weighted by molar-refractivity contribution is -0.123. The molecule has 1 aliphatic carbocycles. The molecule has 1 nitrogen and oxygen atoms in total. The van der Waals surface area contributed by atoms with Crippen molar-refractivity contribution in [1.82, 2.24) is 0 Å². The van der Waals surface area contributed by atoms with Crippen LogP contribution in [0.1, 0.15) is 59.8 Å². The molecule has 0 aromatic rings. The standard InChI is InChI=1S/C17H26O/c1-14-8-5-6-12-17(4,16(3)18)13-11-15(2)10-7-9-14/h6,8,10,12H,5,7,9,11,13H2,1-4H3/b12-6+,14-8+,15-10+. The Morgan fingerprint density at radius 3 is 2.50 bits per heavy atom. The summed E-state index contributed by atoms with van der Waals surface area (Å²) in [5.41, 5.74) is 2.55. The summed E-state index contributed by atoms with van der Waals surface area (Å²) in [6, 6.07) is 0. The second-order valence-electron chi connectivity index (χ2n) is 5.75. The van der Waals surface area contributed by atoms with Crippen molar-refractivity contribution in [3.63, 3.8) is 0 Å². The fraction of sp³-hybridized carbons (Fsp3) is 0.588. The SMILES string of the molecule is CC(=O)C1(C)/C=C/C/C=C(\C)CC/C=C(\C)CC1. The van der Waals surface area contributed by atoms with Gasteiger partial charge in [0.1, 0.15) is 5.78 Å². The van der Waals surface area contributed by atoms with Crippen LogP contribution in [0.15, 0.2) is 35.5 Å². The second kappa shape index (κ2) is 6.72. The van der Waals surface area contributed by atoms with Gasteiger partial charge in [-0.15, -0.1) is 0 Å². The van der Waals surface area contributed by atoms with Gasteiger partial charge in [0, 0.05) is 5.41 Å². The van der Waals surface area contributed by atoms with Crippen LogP contribution in [-0.4, -0.2) is 5.78 Å². The Morgan fingerprint density at radius 2 is 1.83 bits per heavy atom. The molecule has 0 fully saturated rings. The fourth-order valence-electron chi connectivity index (χ4n) is 2.18. The molecule has 1 rings (SSSR count). The summed E-state index contributed by atoms with van der Waals surface area (Å²) in [6.07, 6.45) is 14.0. The van der Waals surface area contributed by atoms with Gasteiger partial charge in [-0.25, -0.2) is 0 Å². The third kappa shape index (κ3) is 4.64. The Kier molecular flexibility index (Phi) is 5.58. The molecule has 0 aromatic heterocycles. The Morgan fingerprint density at radius 1 is 1.17 bits per heavy atom. The maximum atomic E-state index is 11.8. The van der Waals surface area contributed by atoms with E-state index in [0.29, 0.717) is 0 Å². The Labute approximate surface area is 112 Å². The van der Waals surface area contributed by atoms with Crippen molar-refractivity contribution in [3.8, 4) is 0 Å². The molecule has 100 valence electrons. The van der Waals surface area contributed by atoms with Crippen molar-refractivity contribution < 1.29 is 4.79 Å². The van der Waals surface area contributed by atoms with Crippen molar-refractivity contribution in [2.24, 2.45) is 5.41 Å². The van der Waals surface area contributed by atoms with Gasteiger partial charge in [-0.1, -0.05) is 35.5 Å². The minimum absolute atomic E-state index is 0.268. The van der Waals surface area contributed by atoms with Gasteiger partial charge in [0.2, 0.25) is 0 Å². The first-order valence-corrected chi connectivity index (χ1v) is 6.94. The summed E-state index contributed by atoms with van der Waals surface area (Å²) < 4.78 is 0. The maximum absolute atomic E-state index is 11.8. The van der Waals surface area contributed by atoms with E-state index in [0.717, 1.165) is 32.1 Å². The number of Topliss-reactive ketones (excluding diaryl/α,β-unsaturated/α-hetero) is 1. The molecule has 0 aliphatic heterocycles. The molecule has 0 radical (unpaired) electrons. The van der Waals surface area contributed by atoms with Crippen molar-refractivity contribution in [1.29, 1.82) is 0 Å². The monoisotopic (exact) mass is 246 g/mol. The summed E-state index contributed by atoms with van der Waals surface area (Å²) in [5, 5.41) is 0. The van der Waals surface area contributed by atoms with E-state index in [2.05, 4.69) is 45.1 Å². The van der Waals surface area contributed by atoms with Crippen molar-refractivity contribution in [3.05, 3.63) is 35.5 Å². The van der Waals surface area contributed by atoms with E-state index < -0.39 is 0 Å². The third-order valence-electron chi connectivity index (χ3n) is 3.96. The van der Waals surface area contributed by atoms with Crippen LogP contribution in [0.5, 0.6) is 0 Å². The lowest BCUT2D eigenvalue weighted by Gasteiger charge is -2.23. The molecular formula is C17H26O. The number of hydrogen-bond acceptors (Lipinski definition) is 1. The Bertz CT molecular complexity index is 384. The predicted molar refractivity (Wildman–Crippen MR) is 78.5 cm³/mol. The van der Waals surface area contributed by atoms with Gasteiger partial charge in [0.05, 0.1) is 0 Å². The number of allylic oxidation sites excluding steroid dienone is 6. The van der Waals surface area contributed by atoms with Crippen molar-refractivity contribution >= 4 is 5.78 Å². The molecule has 0 aromatic carbocycles. The van der Waals surface area contributed by atoms with Gasteiger partial charge in [-0.05, 0) is 59.8 Å². The van der Waals surface area contributed by atoms with E-state index in [-0.39, 0.29) is 11.2 Å². The Hall–Kier alpha value is -1.11. The number of carbonyl (C=O) groups is 1. The molecule has 1 heteroatoms. The smallest absolute Gasteiger partial charge is 0.139 e. The molecule has 0 heterocycles. The van der Waals surface area contributed by atoms with E-state index in [1.54, 1.807) is 6.92 Å². The number of carbonyl (C=O) groups excluding carboxylic acids is 1. The molecule has 0 N–H and O–H groups in total. The minimum atomic E-state index is -0.296. The van der Waals surface area contributed by atoms with Crippen LogP contribution in [0, 0.1) is 5.41 Å². The van der Waals surface area contributed by atoms with Gasteiger partial charge >= 0.3 is 0 Å². The molecule has 0 bridgehead atoms. The minimum Gasteiger partial charge on any atom is -0.299 e. The topological polar surface area (TPSA) is 17.1 Å². The largest absolute Gasteiger partial charge is 0.299 e. The molecule has 0 saturated heterocycles. The van der Waals surface area contributed by atoms with Gasteiger partial charge in [-0.3, -0.25) is 4.79 Å². The van der Waals surface area contributed by atoms with E-state index >= 15 is 0 Å². The zero-order valence-electron chi connectivity index (χ0n) is 12.3. The van der Waals surface area contributed by atoms with Gasteiger partial charge in [-0.2, -0.15) is 0 Å². The first kappa shape index (κ1) is 14.9. The fourth-order valence-corrected chi connectivity index (χ4v) is 2.18. The van der Waals surface area contributed by atoms with Crippen molar-refractivity contribution in [2.75, 3.05) is 0 Å². The van der Waals surface area contributed by atoms with Crippen LogP contribution in [0.3, 0.4) is 0 Å². The summed E-state index contributed by atoms with van der Waals surface area (Å²) in [4.78, 5) is 11.8. The van der Waals surface area contributed by atoms with E-state index in [4.69, 9.17) is 0 Å². The highest BCUT2D eigenvalue weighted by Gasteiger charge is 2.25. The van der Waals surface area contributed by atoms with Gasteiger partial charge in [0.25, 0.3) is 0 Å². The highest BCUT2D eigenvalue weighted by atomic mass is 16.1. The molecule has 18 heavy (non-hydrogen) atoms. The molecule has 0 amide bonds. The summed E-state index contributed by atoms with van der Waals surface area (Å²) >= 11 is 0. The van der Waals surface area contributed by atoms with Crippen LogP contribution in [0.4, 0.5) is 0 Å². The number of rotatable bonds is 1. The first-order valence-electron chi connectivity index (χ1n) is 6.94. The van der Waals surface area contributed by atoms with Crippen LogP contribution in [-0.2, 0) is 4.79 Å². The van der Waals surface area contributed by atoms with Gasteiger partial charge < -0.3 is 0 Å². The summed E-state index contributed by atoms with van der Waals surface area (Å²) in [5.74, 6) is 0.268. The van der Waals surface area contributed by atoms with E-state index in [1.165, 1.54) is 11.1 Å². The predicted octanol–water partition coefficient (Wildman–Crippen LogP) is 4.99. The lowest BCUT2D eigenvalue weighted by Crippen LogP contribution is -2.23. The highest BCUT2D eigenvalue weighted by Crippen LogP contribution is 2.29. The molecule has 0 spiro atoms. The zero-order valence-corrected chi connectivity index (χ0v) is 12.3. The Balaban J connectivity index is 2.91. The van der Waals surface area contributed by atoms with Crippen molar-refractivity contribution in [2.45, 2.75) is 59.8 Å². The molecule has 1 unspecified atom stereocenters. The highest BCUT2D eigenvalue weighted by molar-refractivity contribution is 5.83. The van der Waals surface area contributed by atoms with Crippen LogP contribution < -0.4 is 0 Å². The van der Waals surface area contributed by atoms with Crippen LogP contribution in [0.25, 0.3) is 0 Å². The zero-order chi connectivity index (χ0) is 13.6. The average molecular weight is 246 g/mol. The molecule has 0 saturated carbocycles. The normalized spacial score (nSPS) is 34.2. The lowest BCUT2D eigenvalue weighted by atomic mass is 9.80. The quantitative estimate of drug-likeness (QED) is 0.595. The first-order chi connectivity index (χ1) is 8.44. The number of ketones is 1. The van der Waals surface area contributed by atoms with E-state index in [9.17, 15) is 4.79 Å². The van der Waals surface area contributed by atoms with Crippen LogP contribution in [0.2, 0.25) is 0 Å². The maximum Gasteiger partial charge on any atom is 0.139 e. The molecule has 1 atom stereocenters. The van der Waals surface area contributed by atoms with E-state index in [1.807, 2.05) is 0 Å². The average Bonchev–Trinajstić information content (AvgIpc) is 2.30. The molecular weight excluding hydrogens is 220 g/mol. The molecule has 1 aliphatic rings. The summed E-state index contributed by atoms with van der Waals surface area (Å²) in [7, 11) is 0. The van der Waals surface area contributed by atoms with Crippen LogP contribution >= 0.6 is 0 Å². The second-order valence-corrected chi connectivity index (χ2v) is 5.75.